The van der Waals surface area contributed by atoms with E-state index in [1.165, 1.54) is 61.0 Å². The van der Waals surface area contributed by atoms with Gasteiger partial charge in [0.1, 0.15) is 11.2 Å². The molecule has 12 rings (SSSR count). The Bertz CT molecular complexity index is 3430. The van der Waals surface area contributed by atoms with E-state index in [2.05, 4.69) is 224 Å². The Balaban J connectivity index is 1.05. The van der Waals surface area contributed by atoms with Crippen molar-refractivity contribution in [3.63, 3.8) is 0 Å². The van der Waals surface area contributed by atoms with Crippen molar-refractivity contribution in [3.8, 4) is 39.1 Å². The van der Waals surface area contributed by atoms with Gasteiger partial charge in [-0.2, -0.15) is 0 Å². The zero-order valence-electron chi connectivity index (χ0n) is 33.4. The first-order chi connectivity index (χ1) is 29.5. The Morgan fingerprint density at radius 1 is 0.433 bits per heavy atom. The molecule has 0 atom stereocenters. The maximum Gasteiger partial charge on any atom is 0.137 e. The van der Waals surface area contributed by atoms with Gasteiger partial charge in [-0.05, 0) is 105 Å². The molecule has 60 heavy (non-hydrogen) atoms. The van der Waals surface area contributed by atoms with Gasteiger partial charge in [0, 0.05) is 50.1 Å². The van der Waals surface area contributed by atoms with Crippen molar-refractivity contribution in [3.05, 3.63) is 217 Å². The van der Waals surface area contributed by atoms with Crippen LogP contribution in [0.4, 0.5) is 17.1 Å². The predicted octanol–water partition coefficient (Wildman–Crippen LogP) is 15.8. The number of aromatic nitrogens is 1. The van der Waals surface area contributed by atoms with Crippen molar-refractivity contribution < 1.29 is 4.42 Å². The Morgan fingerprint density at radius 3 is 1.83 bits per heavy atom. The molecule has 0 radical (unpaired) electrons. The minimum atomic E-state index is -0.182. The van der Waals surface area contributed by atoms with Gasteiger partial charge in [-0.3, -0.25) is 0 Å². The monoisotopic (exact) mass is 768 g/mol. The first-order valence-corrected chi connectivity index (χ1v) is 20.8. The lowest BCUT2D eigenvalue weighted by Gasteiger charge is -2.32. The van der Waals surface area contributed by atoms with E-state index >= 15 is 0 Å². The zero-order valence-corrected chi connectivity index (χ0v) is 33.4. The molecule has 2 aromatic heterocycles. The molecule has 9 aromatic carbocycles. The maximum absolute atomic E-state index is 6.44. The molecule has 1 aliphatic rings. The lowest BCUT2D eigenvalue weighted by Crippen LogP contribution is -2.20. The first kappa shape index (κ1) is 34.4. The van der Waals surface area contributed by atoms with Crippen LogP contribution in [0.2, 0.25) is 0 Å². The van der Waals surface area contributed by atoms with Crippen LogP contribution in [0.5, 0.6) is 0 Å². The summed E-state index contributed by atoms with van der Waals surface area (Å²) in [6.07, 6.45) is 0. The zero-order chi connectivity index (χ0) is 40.0. The molecule has 0 spiro atoms. The Morgan fingerprint density at radius 2 is 1.05 bits per heavy atom. The van der Waals surface area contributed by atoms with Crippen LogP contribution in [0.25, 0.3) is 82.8 Å². The predicted molar refractivity (Wildman–Crippen MR) is 251 cm³/mol. The van der Waals surface area contributed by atoms with Crippen molar-refractivity contribution in [1.82, 2.24) is 4.57 Å². The van der Waals surface area contributed by atoms with Gasteiger partial charge >= 0.3 is 0 Å². The summed E-state index contributed by atoms with van der Waals surface area (Å²) in [7, 11) is 0. The second kappa shape index (κ2) is 13.2. The van der Waals surface area contributed by atoms with Gasteiger partial charge in [-0.25, -0.2) is 0 Å². The van der Waals surface area contributed by atoms with E-state index in [0.717, 1.165) is 50.0 Å². The highest BCUT2D eigenvalue weighted by Gasteiger charge is 2.38. The largest absolute Gasteiger partial charge is 0.456 e. The maximum atomic E-state index is 6.44. The van der Waals surface area contributed by atoms with Crippen molar-refractivity contribution in [2.45, 2.75) is 19.3 Å². The van der Waals surface area contributed by atoms with Crippen molar-refractivity contribution in [1.29, 1.82) is 0 Å². The summed E-state index contributed by atoms with van der Waals surface area (Å²) in [5.41, 5.74) is 18.5. The number of furan rings is 1. The number of hydrogen-bond acceptors (Lipinski definition) is 2. The van der Waals surface area contributed by atoms with Crippen molar-refractivity contribution in [2.24, 2.45) is 0 Å². The molecule has 0 N–H and O–H groups in total. The molecule has 0 bridgehead atoms. The standard InChI is InChI=1S/C57H40N2O/c1-57(2)49-23-11-9-19-44(49)46-22-14-25-51(56(46)57)58(41-31-27-38(28-32-41)37-15-5-3-6-16-37)42-33-29-39(30-34-42)43-21-13-24-50-55(43)48-35-47-45-20-10-12-26-53(45)60-54(47)36-52(48)59(50)40-17-7-4-8-18-40/h3-36H,1-2H3. The highest BCUT2D eigenvalue weighted by atomic mass is 16.3. The Labute approximate surface area is 349 Å². The summed E-state index contributed by atoms with van der Waals surface area (Å²) in [5.74, 6) is 0. The van der Waals surface area contributed by atoms with Crippen LogP contribution in [0.3, 0.4) is 0 Å². The number of benzene rings is 9. The summed E-state index contributed by atoms with van der Waals surface area (Å²) in [6.45, 7) is 4.74. The van der Waals surface area contributed by atoms with Gasteiger partial charge in [0.2, 0.25) is 0 Å². The number of anilines is 3. The van der Waals surface area contributed by atoms with E-state index in [9.17, 15) is 0 Å². The van der Waals surface area contributed by atoms with Crippen molar-refractivity contribution in [2.75, 3.05) is 4.90 Å². The minimum Gasteiger partial charge on any atom is -0.456 e. The molecule has 0 unspecified atom stereocenters. The topological polar surface area (TPSA) is 21.3 Å². The molecule has 11 aromatic rings. The van der Waals surface area contributed by atoms with Gasteiger partial charge in [0.15, 0.2) is 0 Å². The summed E-state index contributed by atoms with van der Waals surface area (Å²) >= 11 is 0. The molecular weight excluding hydrogens is 729 g/mol. The summed E-state index contributed by atoms with van der Waals surface area (Å²) in [4.78, 5) is 2.45. The summed E-state index contributed by atoms with van der Waals surface area (Å²) in [6, 6.07) is 74.8. The van der Waals surface area contributed by atoms with Crippen LogP contribution in [-0.4, -0.2) is 4.57 Å². The number of nitrogens with zero attached hydrogens (tertiary/aromatic N) is 2. The van der Waals surface area contributed by atoms with E-state index < -0.39 is 0 Å². The van der Waals surface area contributed by atoms with Gasteiger partial charge in [0.25, 0.3) is 0 Å². The van der Waals surface area contributed by atoms with Gasteiger partial charge in [0.05, 0.1) is 16.7 Å². The fourth-order valence-corrected chi connectivity index (χ4v) is 10.0. The molecule has 0 amide bonds. The number of rotatable bonds is 6. The summed E-state index contributed by atoms with van der Waals surface area (Å²) in [5, 5.41) is 4.69. The van der Waals surface area contributed by atoms with Gasteiger partial charge in [-0.15, -0.1) is 0 Å². The lowest BCUT2D eigenvalue weighted by molar-refractivity contribution is 0.661. The van der Waals surface area contributed by atoms with E-state index in [0.29, 0.717) is 0 Å². The number of para-hydroxylation sites is 2. The average Bonchev–Trinajstić information content (AvgIpc) is 3.91. The lowest BCUT2D eigenvalue weighted by atomic mass is 9.81. The number of hydrogen-bond donors (Lipinski definition) is 0. The molecular formula is C57H40N2O. The average molecular weight is 769 g/mol. The molecule has 3 heteroatoms. The second-order valence-electron chi connectivity index (χ2n) is 16.5. The normalized spacial score (nSPS) is 13.0. The van der Waals surface area contributed by atoms with Crippen LogP contribution < -0.4 is 4.90 Å². The minimum absolute atomic E-state index is 0.182. The van der Waals surface area contributed by atoms with E-state index in [-0.39, 0.29) is 5.41 Å². The third-order valence-electron chi connectivity index (χ3n) is 12.8. The van der Waals surface area contributed by atoms with Crippen LogP contribution in [0.1, 0.15) is 25.0 Å². The second-order valence-corrected chi connectivity index (χ2v) is 16.5. The van der Waals surface area contributed by atoms with Gasteiger partial charge < -0.3 is 13.9 Å². The van der Waals surface area contributed by atoms with E-state index in [1.54, 1.807) is 0 Å². The Kier molecular flexibility index (Phi) is 7.58. The Hall–Kier alpha value is -7.62. The fourth-order valence-electron chi connectivity index (χ4n) is 10.0. The molecule has 0 saturated heterocycles. The molecule has 0 fully saturated rings. The van der Waals surface area contributed by atoms with E-state index in [1.807, 2.05) is 6.07 Å². The quantitative estimate of drug-likeness (QED) is 0.168. The SMILES string of the molecule is CC1(C)c2ccccc2-c2cccc(N(c3ccc(-c4ccccc4)cc3)c3ccc(-c4cccc5c4c4cc6c(cc4n5-c4ccccc4)oc4ccccc46)cc3)c21. The van der Waals surface area contributed by atoms with Gasteiger partial charge in [-0.1, -0.05) is 153 Å². The van der Waals surface area contributed by atoms with E-state index in [4.69, 9.17) is 4.42 Å². The molecule has 0 saturated carbocycles. The van der Waals surface area contributed by atoms with Crippen LogP contribution in [-0.2, 0) is 5.41 Å². The van der Waals surface area contributed by atoms with Crippen LogP contribution in [0, 0.1) is 0 Å². The molecule has 1 aliphatic carbocycles. The molecule has 0 aliphatic heterocycles. The third-order valence-corrected chi connectivity index (χ3v) is 12.8. The van der Waals surface area contributed by atoms with Crippen molar-refractivity contribution >= 4 is 60.8 Å². The van der Waals surface area contributed by atoms with Crippen LogP contribution in [0.15, 0.2) is 211 Å². The molecule has 3 nitrogen and oxygen atoms in total. The highest BCUT2D eigenvalue weighted by Crippen LogP contribution is 2.54. The smallest absolute Gasteiger partial charge is 0.137 e. The third kappa shape index (κ3) is 5.15. The molecule has 284 valence electrons. The highest BCUT2D eigenvalue weighted by molar-refractivity contribution is 6.21. The fraction of sp³-hybridized carbons (Fsp3) is 0.0526. The number of fused-ring (bicyclic) bond motifs is 9. The summed E-state index contributed by atoms with van der Waals surface area (Å²) < 4.78 is 8.82. The van der Waals surface area contributed by atoms with Crippen LogP contribution >= 0.6 is 0 Å². The first-order valence-electron chi connectivity index (χ1n) is 20.8. The molecule has 2 heterocycles.